The minimum atomic E-state index is -4.38. The summed E-state index contributed by atoms with van der Waals surface area (Å²) in [4.78, 5) is 11.4. The van der Waals surface area contributed by atoms with Gasteiger partial charge in [0.2, 0.25) is 0 Å². The fourth-order valence-electron chi connectivity index (χ4n) is 1.10. The van der Waals surface area contributed by atoms with E-state index in [9.17, 15) is 18.0 Å². The molecule has 0 spiro atoms. The van der Waals surface area contributed by atoms with Gasteiger partial charge in [0.15, 0.2) is 0 Å². The Hall–Kier alpha value is -0.780. The fraction of sp³-hybridized carbons (Fsp3) is 0.833. The van der Waals surface area contributed by atoms with Crippen molar-refractivity contribution in [2.75, 3.05) is 13.1 Å². The van der Waals surface area contributed by atoms with Crippen LogP contribution in [0.4, 0.5) is 13.2 Å². The predicted molar refractivity (Wildman–Crippen MR) is 33.3 cm³/mol. The SMILES string of the molecule is O=C1C(O)CCN1CC(F)(F)F. The number of hydrogen-bond acceptors (Lipinski definition) is 2. The van der Waals surface area contributed by atoms with Gasteiger partial charge >= 0.3 is 6.18 Å². The summed E-state index contributed by atoms with van der Waals surface area (Å²) in [6.07, 6.45) is -5.53. The summed E-state index contributed by atoms with van der Waals surface area (Å²) in [5.74, 6) is -0.827. The molecule has 0 aromatic carbocycles. The minimum Gasteiger partial charge on any atom is -0.383 e. The molecular weight excluding hydrogens is 175 g/mol. The van der Waals surface area contributed by atoms with Crippen molar-refractivity contribution in [2.24, 2.45) is 0 Å². The molecule has 1 N–H and O–H groups in total. The van der Waals surface area contributed by atoms with Crippen molar-refractivity contribution >= 4 is 5.91 Å². The summed E-state index contributed by atoms with van der Waals surface area (Å²) in [5.41, 5.74) is 0. The lowest BCUT2D eigenvalue weighted by molar-refractivity contribution is -0.160. The Morgan fingerprint density at radius 3 is 2.50 bits per heavy atom. The van der Waals surface area contributed by atoms with Crippen molar-refractivity contribution in [3.05, 3.63) is 0 Å². The third-order valence-corrected chi connectivity index (χ3v) is 1.64. The summed E-state index contributed by atoms with van der Waals surface area (Å²) in [6.45, 7) is -1.28. The van der Waals surface area contributed by atoms with Gasteiger partial charge in [-0.3, -0.25) is 4.79 Å². The number of aliphatic hydroxyl groups excluding tert-OH is 1. The van der Waals surface area contributed by atoms with Crippen molar-refractivity contribution in [1.29, 1.82) is 0 Å². The van der Waals surface area contributed by atoms with E-state index in [1.807, 2.05) is 0 Å². The molecule has 3 nitrogen and oxygen atoms in total. The van der Waals surface area contributed by atoms with Gasteiger partial charge < -0.3 is 10.0 Å². The Morgan fingerprint density at radius 2 is 2.17 bits per heavy atom. The Labute approximate surface area is 66.8 Å². The quantitative estimate of drug-likeness (QED) is 0.628. The lowest BCUT2D eigenvalue weighted by Gasteiger charge is -2.17. The molecule has 70 valence electrons. The number of nitrogens with zero attached hydrogens (tertiary/aromatic N) is 1. The first-order valence-electron chi connectivity index (χ1n) is 3.44. The highest BCUT2D eigenvalue weighted by atomic mass is 19.4. The Kier molecular flexibility index (Phi) is 2.27. The van der Waals surface area contributed by atoms with Crippen LogP contribution in [0.5, 0.6) is 0 Å². The largest absolute Gasteiger partial charge is 0.406 e. The van der Waals surface area contributed by atoms with Gasteiger partial charge in [0.05, 0.1) is 0 Å². The number of aliphatic hydroxyl groups is 1. The molecule has 0 bridgehead atoms. The van der Waals surface area contributed by atoms with Crippen LogP contribution in [0.1, 0.15) is 6.42 Å². The molecule has 1 unspecified atom stereocenters. The second kappa shape index (κ2) is 2.93. The van der Waals surface area contributed by atoms with Crippen LogP contribution >= 0.6 is 0 Å². The lowest BCUT2D eigenvalue weighted by atomic mass is 10.3. The molecule has 1 heterocycles. The molecule has 1 atom stereocenters. The minimum absolute atomic E-state index is 0.0144. The molecule has 1 rings (SSSR count). The number of carbonyl (C=O) groups excluding carboxylic acids is 1. The number of halogens is 3. The molecule has 0 aromatic heterocycles. The zero-order valence-electron chi connectivity index (χ0n) is 6.14. The monoisotopic (exact) mass is 183 g/mol. The van der Waals surface area contributed by atoms with Crippen LogP contribution in [0, 0.1) is 0 Å². The first kappa shape index (κ1) is 9.31. The number of rotatable bonds is 1. The van der Waals surface area contributed by atoms with Gasteiger partial charge in [-0.2, -0.15) is 13.2 Å². The highest BCUT2D eigenvalue weighted by Crippen LogP contribution is 2.20. The highest BCUT2D eigenvalue weighted by Gasteiger charge is 2.38. The van der Waals surface area contributed by atoms with Crippen LogP contribution in [0.15, 0.2) is 0 Å². The topological polar surface area (TPSA) is 40.5 Å². The first-order valence-corrected chi connectivity index (χ1v) is 3.44. The van der Waals surface area contributed by atoms with E-state index in [2.05, 4.69) is 0 Å². The smallest absolute Gasteiger partial charge is 0.383 e. The van der Waals surface area contributed by atoms with E-state index >= 15 is 0 Å². The average Bonchev–Trinajstić information content (AvgIpc) is 2.16. The van der Waals surface area contributed by atoms with Gasteiger partial charge in [-0.05, 0) is 6.42 Å². The van der Waals surface area contributed by atoms with Crippen LogP contribution in [-0.2, 0) is 4.79 Å². The Bertz CT molecular complexity index is 192. The maximum Gasteiger partial charge on any atom is 0.406 e. The van der Waals surface area contributed by atoms with E-state index in [-0.39, 0.29) is 13.0 Å². The van der Waals surface area contributed by atoms with Crippen molar-refractivity contribution in [2.45, 2.75) is 18.7 Å². The van der Waals surface area contributed by atoms with Crippen molar-refractivity contribution in [3.63, 3.8) is 0 Å². The Morgan fingerprint density at radius 1 is 1.58 bits per heavy atom. The fourth-order valence-corrected chi connectivity index (χ4v) is 1.10. The van der Waals surface area contributed by atoms with E-state index in [1.165, 1.54) is 0 Å². The first-order chi connectivity index (χ1) is 5.40. The second-order valence-electron chi connectivity index (χ2n) is 2.68. The van der Waals surface area contributed by atoms with Crippen LogP contribution in [0.25, 0.3) is 0 Å². The number of hydrogen-bond donors (Lipinski definition) is 1. The Balaban J connectivity index is 2.50. The molecule has 1 saturated heterocycles. The van der Waals surface area contributed by atoms with Crippen LogP contribution in [0.3, 0.4) is 0 Å². The average molecular weight is 183 g/mol. The maximum absolute atomic E-state index is 11.7. The number of alkyl halides is 3. The molecule has 1 aliphatic rings. The number of likely N-dealkylation sites (tertiary alicyclic amines) is 1. The molecule has 0 radical (unpaired) electrons. The van der Waals surface area contributed by atoms with Crippen molar-refractivity contribution in [3.8, 4) is 0 Å². The summed E-state index contributed by atoms with van der Waals surface area (Å²) in [5, 5.41) is 8.81. The molecular formula is C6H8F3NO2. The normalized spacial score (nSPS) is 25.2. The third kappa shape index (κ3) is 2.10. The molecule has 1 amide bonds. The second-order valence-corrected chi connectivity index (χ2v) is 2.68. The zero-order valence-corrected chi connectivity index (χ0v) is 6.14. The molecule has 0 aliphatic carbocycles. The number of carbonyl (C=O) groups is 1. The number of amides is 1. The summed E-state index contributed by atoms with van der Waals surface area (Å²) in [7, 11) is 0. The van der Waals surface area contributed by atoms with Crippen LogP contribution in [0.2, 0.25) is 0 Å². The van der Waals surface area contributed by atoms with Gasteiger partial charge in [-0.25, -0.2) is 0 Å². The van der Waals surface area contributed by atoms with E-state index in [4.69, 9.17) is 5.11 Å². The maximum atomic E-state index is 11.7. The van der Waals surface area contributed by atoms with Crippen LogP contribution < -0.4 is 0 Å². The molecule has 0 aromatic rings. The van der Waals surface area contributed by atoms with E-state index in [1.54, 1.807) is 0 Å². The van der Waals surface area contributed by atoms with Gasteiger partial charge in [0.25, 0.3) is 5.91 Å². The molecule has 6 heteroatoms. The van der Waals surface area contributed by atoms with Gasteiger partial charge in [0, 0.05) is 6.54 Å². The molecule has 0 saturated carbocycles. The predicted octanol–water partition coefficient (Wildman–Crippen LogP) is 0.142. The molecule has 1 aliphatic heterocycles. The van der Waals surface area contributed by atoms with Gasteiger partial charge in [0.1, 0.15) is 12.6 Å². The van der Waals surface area contributed by atoms with Gasteiger partial charge in [-0.15, -0.1) is 0 Å². The highest BCUT2D eigenvalue weighted by molar-refractivity contribution is 5.82. The van der Waals surface area contributed by atoms with Gasteiger partial charge in [-0.1, -0.05) is 0 Å². The van der Waals surface area contributed by atoms with E-state index in [0.717, 1.165) is 0 Å². The molecule has 12 heavy (non-hydrogen) atoms. The lowest BCUT2D eigenvalue weighted by Crippen LogP contribution is -2.37. The summed E-state index contributed by atoms with van der Waals surface area (Å²) >= 11 is 0. The summed E-state index contributed by atoms with van der Waals surface area (Å²) in [6, 6.07) is 0. The summed E-state index contributed by atoms with van der Waals surface area (Å²) < 4.78 is 35.2. The zero-order chi connectivity index (χ0) is 9.35. The third-order valence-electron chi connectivity index (χ3n) is 1.64. The van der Waals surface area contributed by atoms with Crippen molar-refractivity contribution < 1.29 is 23.1 Å². The molecule has 1 fully saturated rings. The van der Waals surface area contributed by atoms with E-state index < -0.39 is 24.7 Å². The van der Waals surface area contributed by atoms with Crippen LogP contribution in [-0.4, -0.2) is 41.3 Å². The van der Waals surface area contributed by atoms with Crippen molar-refractivity contribution in [1.82, 2.24) is 4.90 Å². The van der Waals surface area contributed by atoms with E-state index in [0.29, 0.717) is 4.90 Å². The standard InChI is InChI=1S/C6H8F3NO2/c7-6(8,9)3-10-2-1-4(11)5(10)12/h4,11H,1-3H2.